The molecule has 0 atom stereocenters. The van der Waals surface area contributed by atoms with E-state index in [1.165, 1.54) is 12.8 Å². The fourth-order valence-corrected chi connectivity index (χ4v) is 0.837. The van der Waals surface area contributed by atoms with E-state index in [0.717, 1.165) is 6.54 Å². The van der Waals surface area contributed by atoms with Gasteiger partial charge in [0.2, 0.25) is 0 Å². The van der Waals surface area contributed by atoms with Gasteiger partial charge in [0.1, 0.15) is 6.54 Å². The quantitative estimate of drug-likeness (QED) is 0.544. The van der Waals surface area contributed by atoms with Crippen molar-refractivity contribution >= 4 is 0 Å². The molecule has 0 aliphatic heterocycles. The van der Waals surface area contributed by atoms with Crippen LogP contribution in [0.2, 0.25) is 0 Å². The van der Waals surface area contributed by atoms with E-state index in [1.807, 2.05) is 24.8 Å². The highest BCUT2D eigenvalue weighted by Gasteiger charge is 1.94. The van der Waals surface area contributed by atoms with Crippen molar-refractivity contribution in [1.29, 1.82) is 0 Å². The topological polar surface area (TPSA) is 16.8 Å². The lowest BCUT2D eigenvalue weighted by Gasteiger charge is -1.91. The lowest BCUT2D eigenvalue weighted by atomic mass is 10.3. The zero-order chi connectivity index (χ0) is 7.23. The SMILES string of the molecule is CCCC[n+]1ccncc1.[Br-]. The Morgan fingerprint density at radius 2 is 1.91 bits per heavy atom. The third-order valence-electron chi connectivity index (χ3n) is 1.46. The van der Waals surface area contributed by atoms with E-state index in [4.69, 9.17) is 0 Å². The van der Waals surface area contributed by atoms with Crippen molar-refractivity contribution in [3.05, 3.63) is 24.8 Å². The molecule has 0 saturated carbocycles. The predicted molar refractivity (Wildman–Crippen MR) is 39.3 cm³/mol. The van der Waals surface area contributed by atoms with Gasteiger partial charge in [0.25, 0.3) is 0 Å². The summed E-state index contributed by atoms with van der Waals surface area (Å²) >= 11 is 0. The first-order chi connectivity index (χ1) is 4.93. The van der Waals surface area contributed by atoms with Crippen LogP contribution in [-0.2, 0) is 6.54 Å². The molecule has 0 unspecified atom stereocenters. The molecule has 0 aliphatic carbocycles. The van der Waals surface area contributed by atoms with Crippen molar-refractivity contribution in [1.82, 2.24) is 4.98 Å². The predicted octanol–water partition coefficient (Wildman–Crippen LogP) is -1.83. The van der Waals surface area contributed by atoms with Crippen molar-refractivity contribution in [2.45, 2.75) is 26.3 Å². The molecule has 11 heavy (non-hydrogen) atoms. The molecule has 0 N–H and O–H groups in total. The minimum Gasteiger partial charge on any atom is -1.00 e. The molecule has 0 bridgehead atoms. The molecule has 3 heteroatoms. The van der Waals surface area contributed by atoms with E-state index in [2.05, 4.69) is 16.5 Å². The van der Waals surface area contributed by atoms with Crippen molar-refractivity contribution < 1.29 is 21.5 Å². The molecule has 62 valence electrons. The summed E-state index contributed by atoms with van der Waals surface area (Å²) in [7, 11) is 0. The summed E-state index contributed by atoms with van der Waals surface area (Å²) in [6.07, 6.45) is 10.1. The molecule has 0 spiro atoms. The van der Waals surface area contributed by atoms with Crippen LogP contribution in [0.5, 0.6) is 0 Å². The van der Waals surface area contributed by atoms with Crippen LogP contribution in [0.4, 0.5) is 0 Å². The highest BCUT2D eigenvalue weighted by atomic mass is 79.9. The Labute approximate surface area is 78.1 Å². The Hall–Kier alpha value is -0.440. The van der Waals surface area contributed by atoms with E-state index in [1.54, 1.807) is 0 Å². The maximum Gasteiger partial charge on any atom is 0.187 e. The maximum absolute atomic E-state index is 3.93. The van der Waals surface area contributed by atoms with Crippen LogP contribution >= 0.6 is 0 Å². The second kappa shape index (κ2) is 6.28. The average molecular weight is 217 g/mol. The summed E-state index contributed by atoms with van der Waals surface area (Å²) in [5.41, 5.74) is 0. The highest BCUT2D eigenvalue weighted by molar-refractivity contribution is 4.62. The van der Waals surface area contributed by atoms with Gasteiger partial charge in [-0.3, -0.25) is 4.98 Å². The average Bonchev–Trinajstić information content (AvgIpc) is 2.03. The Morgan fingerprint density at radius 3 is 2.45 bits per heavy atom. The van der Waals surface area contributed by atoms with Gasteiger partial charge in [-0.05, 0) is 0 Å². The van der Waals surface area contributed by atoms with Gasteiger partial charge in [-0.1, -0.05) is 13.3 Å². The number of hydrogen-bond acceptors (Lipinski definition) is 1. The van der Waals surface area contributed by atoms with Gasteiger partial charge >= 0.3 is 0 Å². The zero-order valence-corrected chi connectivity index (χ0v) is 8.29. The van der Waals surface area contributed by atoms with Crippen molar-refractivity contribution in [3.8, 4) is 0 Å². The van der Waals surface area contributed by atoms with Crippen LogP contribution in [0.3, 0.4) is 0 Å². The minimum atomic E-state index is 0. The van der Waals surface area contributed by atoms with Gasteiger partial charge in [-0.15, -0.1) is 0 Å². The Kier molecular flexibility index (Phi) is 6.03. The van der Waals surface area contributed by atoms with Gasteiger partial charge in [0, 0.05) is 6.42 Å². The zero-order valence-electron chi connectivity index (χ0n) is 6.70. The molecule has 1 aromatic rings. The Morgan fingerprint density at radius 1 is 1.27 bits per heavy atom. The first kappa shape index (κ1) is 10.6. The fourth-order valence-electron chi connectivity index (χ4n) is 0.837. The first-order valence-corrected chi connectivity index (χ1v) is 3.72. The Balaban J connectivity index is 0.000001000. The Bertz CT molecular complexity index is 177. The summed E-state index contributed by atoms with van der Waals surface area (Å²) in [6, 6.07) is 0. The molecule has 0 aromatic carbocycles. The molecule has 1 aromatic heterocycles. The third-order valence-corrected chi connectivity index (χ3v) is 1.46. The highest BCUT2D eigenvalue weighted by Crippen LogP contribution is 1.84. The van der Waals surface area contributed by atoms with Crippen LogP contribution < -0.4 is 21.5 Å². The smallest absolute Gasteiger partial charge is 0.187 e. The standard InChI is InChI=1S/C8H13N2.BrH/c1-2-3-6-10-7-4-9-5-8-10;/h4-5,7-8H,2-3,6H2,1H3;1H/q+1;/p-1. The summed E-state index contributed by atoms with van der Waals surface area (Å²) < 4.78 is 2.15. The van der Waals surface area contributed by atoms with Crippen LogP contribution in [0.15, 0.2) is 24.8 Å². The molecule has 2 nitrogen and oxygen atoms in total. The first-order valence-electron chi connectivity index (χ1n) is 3.72. The molecule has 0 aliphatic rings. The molecule has 1 rings (SSSR count). The lowest BCUT2D eigenvalue weighted by molar-refractivity contribution is -0.697. The van der Waals surface area contributed by atoms with Crippen molar-refractivity contribution in [2.24, 2.45) is 0 Å². The van der Waals surface area contributed by atoms with E-state index < -0.39 is 0 Å². The van der Waals surface area contributed by atoms with Gasteiger partial charge in [-0.2, -0.15) is 0 Å². The van der Waals surface area contributed by atoms with E-state index in [-0.39, 0.29) is 17.0 Å². The van der Waals surface area contributed by atoms with Crippen molar-refractivity contribution in [2.75, 3.05) is 0 Å². The number of halogens is 1. The van der Waals surface area contributed by atoms with Gasteiger partial charge in [0.05, 0.1) is 12.4 Å². The second-order valence-corrected chi connectivity index (χ2v) is 2.34. The molecule has 0 saturated heterocycles. The monoisotopic (exact) mass is 216 g/mol. The lowest BCUT2D eigenvalue weighted by Crippen LogP contribution is -3.00. The third kappa shape index (κ3) is 4.09. The summed E-state index contributed by atoms with van der Waals surface area (Å²) in [4.78, 5) is 3.93. The number of unbranched alkanes of at least 4 members (excludes halogenated alkanes) is 1. The summed E-state index contributed by atoms with van der Waals surface area (Å²) in [5.74, 6) is 0. The minimum absolute atomic E-state index is 0. The molecule has 0 fully saturated rings. The fraction of sp³-hybridized carbons (Fsp3) is 0.500. The van der Waals surface area contributed by atoms with Crippen molar-refractivity contribution in [3.63, 3.8) is 0 Å². The van der Waals surface area contributed by atoms with Crippen LogP contribution in [0.1, 0.15) is 19.8 Å². The van der Waals surface area contributed by atoms with Gasteiger partial charge < -0.3 is 17.0 Å². The summed E-state index contributed by atoms with van der Waals surface area (Å²) in [6.45, 7) is 3.31. The van der Waals surface area contributed by atoms with Crippen LogP contribution in [0.25, 0.3) is 0 Å². The summed E-state index contributed by atoms with van der Waals surface area (Å²) in [5, 5.41) is 0. The van der Waals surface area contributed by atoms with Gasteiger partial charge in [-0.25, -0.2) is 4.57 Å². The number of nitrogens with zero attached hydrogens (tertiary/aromatic N) is 2. The largest absolute Gasteiger partial charge is 1.00 e. The molecule has 0 radical (unpaired) electrons. The molecule has 1 heterocycles. The van der Waals surface area contributed by atoms with Crippen LogP contribution in [-0.4, -0.2) is 4.98 Å². The molecule has 0 amide bonds. The number of rotatable bonds is 3. The number of aryl methyl sites for hydroxylation is 1. The second-order valence-electron chi connectivity index (χ2n) is 2.34. The molecular formula is C8H13BrN2. The number of aromatic nitrogens is 2. The van der Waals surface area contributed by atoms with E-state index >= 15 is 0 Å². The normalized spacial score (nSPS) is 8.82. The van der Waals surface area contributed by atoms with Crippen LogP contribution in [0, 0.1) is 0 Å². The number of hydrogen-bond donors (Lipinski definition) is 0. The van der Waals surface area contributed by atoms with E-state index in [9.17, 15) is 0 Å². The van der Waals surface area contributed by atoms with Gasteiger partial charge in [0.15, 0.2) is 12.4 Å². The van der Waals surface area contributed by atoms with E-state index in [0.29, 0.717) is 0 Å². The maximum atomic E-state index is 3.93. The molecular weight excluding hydrogens is 204 g/mol.